The molecule has 1 aromatic heterocycles. The number of para-hydroxylation sites is 1. The quantitative estimate of drug-likeness (QED) is 0.694. The van der Waals surface area contributed by atoms with Crippen molar-refractivity contribution in [3.8, 4) is 0 Å². The van der Waals surface area contributed by atoms with Gasteiger partial charge in [0.05, 0.1) is 5.69 Å². The molecule has 0 atom stereocenters. The molecule has 1 N–H and O–H groups in total. The first-order valence-corrected chi connectivity index (χ1v) is 7.60. The maximum absolute atomic E-state index is 12.6. The Kier molecular flexibility index (Phi) is 4.22. The summed E-state index contributed by atoms with van der Waals surface area (Å²) in [5, 5.41) is 2.65. The van der Waals surface area contributed by atoms with E-state index in [0.717, 1.165) is 21.9 Å². The second kappa shape index (κ2) is 6.33. The lowest BCUT2D eigenvalue weighted by Gasteiger charge is -2.10. The number of imide groups is 1. The fourth-order valence-corrected chi connectivity index (χ4v) is 2.80. The summed E-state index contributed by atoms with van der Waals surface area (Å²) in [5.41, 5.74) is 3.69. The van der Waals surface area contributed by atoms with E-state index in [9.17, 15) is 9.59 Å². The lowest BCUT2D eigenvalue weighted by atomic mass is 10.2. The van der Waals surface area contributed by atoms with Gasteiger partial charge in [0, 0.05) is 18.5 Å². The smallest absolute Gasteiger partial charge is 0.333 e. The Hall–Kier alpha value is -2.86. The van der Waals surface area contributed by atoms with E-state index in [4.69, 9.17) is 4.74 Å². The molecule has 6 heteroatoms. The van der Waals surface area contributed by atoms with Crippen molar-refractivity contribution >= 4 is 23.7 Å². The second-order valence-corrected chi connectivity index (χ2v) is 5.64. The molecule has 124 valence electrons. The maximum atomic E-state index is 12.6. The fraction of sp³-hybridized carbons (Fsp3) is 0.222. The number of hydrogen-bond acceptors (Lipinski definition) is 3. The van der Waals surface area contributed by atoms with Gasteiger partial charge < -0.3 is 14.6 Å². The number of rotatable bonds is 4. The predicted octanol–water partition coefficient (Wildman–Crippen LogP) is 2.81. The standard InChI is InChI=1S/C18H19N3O3/c1-12-9-14(13(2)20(12)11-24-3)10-16-17(22)21(18(23)19-16)15-7-5-4-6-8-15/h4-10H,11H2,1-3H3,(H,19,23). The van der Waals surface area contributed by atoms with Gasteiger partial charge in [0.1, 0.15) is 12.4 Å². The van der Waals surface area contributed by atoms with Crippen molar-refractivity contribution in [1.29, 1.82) is 0 Å². The van der Waals surface area contributed by atoms with Crippen molar-refractivity contribution in [2.45, 2.75) is 20.6 Å². The first-order chi connectivity index (χ1) is 11.5. The number of amides is 3. The zero-order chi connectivity index (χ0) is 17.3. The number of anilines is 1. The number of aryl methyl sites for hydroxylation is 1. The highest BCUT2D eigenvalue weighted by Crippen LogP contribution is 2.24. The lowest BCUT2D eigenvalue weighted by Crippen LogP contribution is -2.30. The Morgan fingerprint density at radius 3 is 2.54 bits per heavy atom. The van der Waals surface area contributed by atoms with Crippen molar-refractivity contribution in [3.63, 3.8) is 0 Å². The lowest BCUT2D eigenvalue weighted by molar-refractivity contribution is -0.113. The van der Waals surface area contributed by atoms with E-state index in [2.05, 4.69) is 5.32 Å². The number of hydrogen-bond donors (Lipinski definition) is 1. The molecule has 1 aliphatic heterocycles. The van der Waals surface area contributed by atoms with Crippen molar-refractivity contribution in [2.24, 2.45) is 0 Å². The molecular formula is C18H19N3O3. The highest BCUT2D eigenvalue weighted by molar-refractivity contribution is 6.28. The molecule has 0 saturated carbocycles. The molecular weight excluding hydrogens is 306 g/mol. The van der Waals surface area contributed by atoms with Gasteiger partial charge in [0.25, 0.3) is 5.91 Å². The Morgan fingerprint density at radius 1 is 1.17 bits per heavy atom. The molecule has 3 rings (SSSR count). The Bertz CT molecular complexity index is 822. The van der Waals surface area contributed by atoms with Gasteiger partial charge in [0.2, 0.25) is 0 Å². The molecule has 3 amide bonds. The molecule has 24 heavy (non-hydrogen) atoms. The number of aromatic nitrogens is 1. The van der Waals surface area contributed by atoms with Gasteiger partial charge in [-0.3, -0.25) is 4.79 Å². The fourth-order valence-electron chi connectivity index (χ4n) is 2.80. The van der Waals surface area contributed by atoms with Gasteiger partial charge in [-0.05, 0) is 43.7 Å². The van der Waals surface area contributed by atoms with E-state index in [1.165, 1.54) is 0 Å². The largest absolute Gasteiger partial charge is 0.364 e. The van der Waals surface area contributed by atoms with Gasteiger partial charge in [-0.25, -0.2) is 9.69 Å². The first-order valence-electron chi connectivity index (χ1n) is 7.60. The summed E-state index contributed by atoms with van der Waals surface area (Å²) in [5.74, 6) is -0.359. The third kappa shape index (κ3) is 2.72. The van der Waals surface area contributed by atoms with Gasteiger partial charge in [0.15, 0.2) is 0 Å². The minimum atomic E-state index is -0.442. The summed E-state index contributed by atoms with van der Waals surface area (Å²) in [4.78, 5) is 25.9. The number of nitrogens with one attached hydrogen (secondary N) is 1. The third-order valence-corrected chi connectivity index (χ3v) is 4.06. The van der Waals surface area contributed by atoms with Gasteiger partial charge in [-0.2, -0.15) is 0 Å². The van der Waals surface area contributed by atoms with Crippen LogP contribution in [0.5, 0.6) is 0 Å². The van der Waals surface area contributed by atoms with Gasteiger partial charge in [-0.1, -0.05) is 18.2 Å². The first kappa shape index (κ1) is 16.0. The van der Waals surface area contributed by atoms with E-state index in [0.29, 0.717) is 12.4 Å². The normalized spacial score (nSPS) is 16.1. The van der Waals surface area contributed by atoms with Crippen LogP contribution < -0.4 is 10.2 Å². The monoisotopic (exact) mass is 325 g/mol. The topological polar surface area (TPSA) is 63.6 Å². The molecule has 0 unspecified atom stereocenters. The highest BCUT2D eigenvalue weighted by Gasteiger charge is 2.34. The summed E-state index contributed by atoms with van der Waals surface area (Å²) in [6, 6.07) is 10.4. The zero-order valence-electron chi connectivity index (χ0n) is 13.9. The van der Waals surface area contributed by atoms with Crippen LogP contribution in [0.15, 0.2) is 42.1 Å². The van der Waals surface area contributed by atoms with E-state index >= 15 is 0 Å². The van der Waals surface area contributed by atoms with E-state index in [1.54, 1.807) is 37.5 Å². The molecule has 1 aliphatic rings. The summed E-state index contributed by atoms with van der Waals surface area (Å²) in [6.07, 6.45) is 1.71. The second-order valence-electron chi connectivity index (χ2n) is 5.64. The van der Waals surface area contributed by atoms with Crippen molar-refractivity contribution < 1.29 is 14.3 Å². The average Bonchev–Trinajstić information content (AvgIpc) is 2.99. The third-order valence-electron chi connectivity index (χ3n) is 4.06. The van der Waals surface area contributed by atoms with Crippen LogP contribution in [-0.4, -0.2) is 23.6 Å². The maximum Gasteiger partial charge on any atom is 0.333 e. The molecule has 0 spiro atoms. The van der Waals surface area contributed by atoms with Gasteiger partial charge >= 0.3 is 6.03 Å². The molecule has 0 radical (unpaired) electrons. The Balaban J connectivity index is 1.94. The molecule has 1 saturated heterocycles. The minimum absolute atomic E-state index is 0.265. The average molecular weight is 325 g/mol. The van der Waals surface area contributed by atoms with Crippen molar-refractivity contribution in [1.82, 2.24) is 9.88 Å². The van der Waals surface area contributed by atoms with Gasteiger partial charge in [-0.15, -0.1) is 0 Å². The molecule has 1 fully saturated rings. The zero-order valence-corrected chi connectivity index (χ0v) is 13.9. The van der Waals surface area contributed by atoms with Crippen molar-refractivity contribution in [3.05, 3.63) is 59.0 Å². The summed E-state index contributed by atoms with van der Waals surface area (Å²) < 4.78 is 7.19. The summed E-state index contributed by atoms with van der Waals surface area (Å²) >= 11 is 0. The number of carbonyl (C=O) groups excluding carboxylic acids is 2. The number of methoxy groups -OCH3 is 1. The molecule has 2 heterocycles. The van der Waals surface area contributed by atoms with Crippen LogP contribution in [0.25, 0.3) is 6.08 Å². The minimum Gasteiger partial charge on any atom is -0.364 e. The van der Waals surface area contributed by atoms with Crippen molar-refractivity contribution in [2.75, 3.05) is 12.0 Å². The number of urea groups is 1. The number of ether oxygens (including phenoxy) is 1. The number of carbonyl (C=O) groups is 2. The molecule has 0 bridgehead atoms. The number of nitrogens with zero attached hydrogens (tertiary/aromatic N) is 2. The summed E-state index contributed by atoms with van der Waals surface area (Å²) in [6.45, 7) is 4.37. The highest BCUT2D eigenvalue weighted by atomic mass is 16.5. The van der Waals surface area contributed by atoms with E-state index < -0.39 is 6.03 Å². The molecule has 1 aromatic carbocycles. The SMILES string of the molecule is COCn1c(C)cc(C=C2NC(=O)N(c3ccccc3)C2=O)c1C. The van der Waals surface area contributed by atoms with Crippen LogP contribution in [0.3, 0.4) is 0 Å². The van der Waals surface area contributed by atoms with Crippen LogP contribution in [0.4, 0.5) is 10.5 Å². The Morgan fingerprint density at radius 2 is 1.88 bits per heavy atom. The number of benzene rings is 1. The summed E-state index contributed by atoms with van der Waals surface area (Å²) in [7, 11) is 1.63. The van der Waals surface area contributed by atoms with Crippen LogP contribution in [0, 0.1) is 13.8 Å². The molecule has 0 aliphatic carbocycles. The molecule has 2 aromatic rings. The van der Waals surface area contributed by atoms with Crippen LogP contribution >= 0.6 is 0 Å². The Labute approximate surface area is 140 Å². The van der Waals surface area contributed by atoms with E-state index in [1.807, 2.05) is 30.5 Å². The van der Waals surface area contributed by atoms with Crippen LogP contribution in [0.2, 0.25) is 0 Å². The van der Waals surface area contributed by atoms with Crippen LogP contribution in [-0.2, 0) is 16.3 Å². The predicted molar refractivity (Wildman–Crippen MR) is 91.4 cm³/mol. The molecule has 6 nitrogen and oxygen atoms in total. The van der Waals surface area contributed by atoms with Crippen LogP contribution in [0.1, 0.15) is 17.0 Å². The van der Waals surface area contributed by atoms with E-state index in [-0.39, 0.29) is 11.6 Å².